The lowest BCUT2D eigenvalue weighted by molar-refractivity contribution is -0.130. The van der Waals surface area contributed by atoms with Gasteiger partial charge in [0.15, 0.2) is 5.70 Å². The summed E-state index contributed by atoms with van der Waals surface area (Å²) in [7, 11) is 0. The number of rotatable bonds is 3. The maximum Gasteiger partial charge on any atom is 0.363 e. The number of esters is 1. The molecule has 4 heteroatoms. The molecule has 2 aromatic rings. The number of carbonyl (C=O) groups excluding carboxylic acids is 1. The Kier molecular flexibility index (Phi) is 4.17. The van der Waals surface area contributed by atoms with Gasteiger partial charge in [-0.3, -0.25) is 0 Å². The molecule has 3 nitrogen and oxygen atoms in total. The van der Waals surface area contributed by atoms with Crippen LogP contribution in [0, 0.1) is 0 Å². The van der Waals surface area contributed by atoms with Crippen molar-refractivity contribution in [2.75, 3.05) is 0 Å². The number of carbonyl (C=O) groups is 1. The van der Waals surface area contributed by atoms with Crippen molar-refractivity contribution in [1.82, 2.24) is 0 Å². The predicted octanol–water partition coefficient (Wildman–Crippen LogP) is 4.24. The molecule has 0 unspecified atom stereocenters. The van der Waals surface area contributed by atoms with Crippen molar-refractivity contribution in [1.29, 1.82) is 0 Å². The van der Waals surface area contributed by atoms with Gasteiger partial charge in [0.05, 0.1) is 0 Å². The molecule has 1 aliphatic rings. The average Bonchev–Trinajstić information content (AvgIpc) is 2.90. The molecule has 0 saturated heterocycles. The Hall–Kier alpha value is -2.65. The first-order chi connectivity index (χ1) is 10.7. The van der Waals surface area contributed by atoms with Crippen LogP contribution in [-0.2, 0) is 9.53 Å². The molecule has 0 aliphatic carbocycles. The number of benzene rings is 2. The van der Waals surface area contributed by atoms with E-state index in [9.17, 15) is 4.79 Å². The lowest BCUT2D eigenvalue weighted by Gasteiger charge is -1.98. The van der Waals surface area contributed by atoms with Crippen molar-refractivity contribution in [2.45, 2.75) is 0 Å². The molecule has 0 amide bonds. The molecule has 22 heavy (non-hydrogen) atoms. The van der Waals surface area contributed by atoms with E-state index in [0.29, 0.717) is 10.6 Å². The van der Waals surface area contributed by atoms with Crippen LogP contribution in [0.4, 0.5) is 0 Å². The van der Waals surface area contributed by atoms with Crippen molar-refractivity contribution in [3.05, 3.63) is 88.6 Å². The second-order valence-electron chi connectivity index (χ2n) is 4.64. The van der Waals surface area contributed by atoms with E-state index in [-0.39, 0.29) is 11.6 Å². The summed E-state index contributed by atoms with van der Waals surface area (Å²) in [6, 6.07) is 16.8. The lowest BCUT2D eigenvalue weighted by atomic mass is 10.2. The van der Waals surface area contributed by atoms with Gasteiger partial charge >= 0.3 is 5.97 Å². The SMILES string of the molecule is O=C1OC(c2cccc(Cl)c2)=N/C1=C/C=C/c1ccccc1. The largest absolute Gasteiger partial charge is 0.402 e. The highest BCUT2D eigenvalue weighted by Crippen LogP contribution is 2.19. The average molecular weight is 310 g/mol. The van der Waals surface area contributed by atoms with Crippen LogP contribution in [0.15, 0.2) is 77.4 Å². The van der Waals surface area contributed by atoms with Crippen molar-refractivity contribution in [3.63, 3.8) is 0 Å². The van der Waals surface area contributed by atoms with Gasteiger partial charge in [0.2, 0.25) is 5.90 Å². The number of ether oxygens (including phenoxy) is 1. The Balaban J connectivity index is 1.81. The molecule has 0 fully saturated rings. The van der Waals surface area contributed by atoms with Crippen LogP contribution >= 0.6 is 11.6 Å². The first-order valence-corrected chi connectivity index (χ1v) is 7.10. The van der Waals surface area contributed by atoms with Crippen molar-refractivity contribution in [2.24, 2.45) is 4.99 Å². The first kappa shape index (κ1) is 14.3. The first-order valence-electron chi connectivity index (χ1n) is 6.72. The van der Waals surface area contributed by atoms with E-state index in [4.69, 9.17) is 16.3 Å². The number of hydrogen-bond donors (Lipinski definition) is 0. The van der Waals surface area contributed by atoms with Gasteiger partial charge in [0.1, 0.15) is 0 Å². The Morgan fingerprint density at radius 2 is 1.86 bits per heavy atom. The number of nitrogens with zero attached hydrogens (tertiary/aromatic N) is 1. The maximum atomic E-state index is 11.8. The predicted molar refractivity (Wildman–Crippen MR) is 87.6 cm³/mol. The molecule has 0 bridgehead atoms. The third-order valence-electron chi connectivity index (χ3n) is 3.03. The van der Waals surface area contributed by atoms with E-state index in [1.165, 1.54) is 0 Å². The highest BCUT2D eigenvalue weighted by atomic mass is 35.5. The van der Waals surface area contributed by atoms with E-state index in [2.05, 4.69) is 4.99 Å². The zero-order chi connectivity index (χ0) is 15.4. The summed E-state index contributed by atoms with van der Waals surface area (Å²) in [6.45, 7) is 0. The van der Waals surface area contributed by atoms with Crippen molar-refractivity contribution < 1.29 is 9.53 Å². The second-order valence-corrected chi connectivity index (χ2v) is 5.07. The molecule has 0 spiro atoms. The second kappa shape index (κ2) is 6.41. The van der Waals surface area contributed by atoms with E-state index < -0.39 is 5.97 Å². The fraction of sp³-hybridized carbons (Fsp3) is 0. The molecule has 0 N–H and O–H groups in total. The van der Waals surface area contributed by atoms with Gasteiger partial charge in [-0.15, -0.1) is 0 Å². The third kappa shape index (κ3) is 3.32. The fourth-order valence-corrected chi connectivity index (χ4v) is 2.17. The van der Waals surface area contributed by atoms with Crippen molar-refractivity contribution >= 4 is 29.5 Å². The molecule has 108 valence electrons. The summed E-state index contributed by atoms with van der Waals surface area (Å²) in [5, 5.41) is 0.567. The normalized spacial score (nSPS) is 16.1. The van der Waals surface area contributed by atoms with Gasteiger partial charge in [-0.05, 0) is 29.8 Å². The van der Waals surface area contributed by atoms with Crippen LogP contribution in [0.1, 0.15) is 11.1 Å². The minimum Gasteiger partial charge on any atom is -0.402 e. The van der Waals surface area contributed by atoms with Crippen LogP contribution in [0.2, 0.25) is 5.02 Å². The van der Waals surface area contributed by atoms with Crippen LogP contribution in [-0.4, -0.2) is 11.9 Å². The van der Waals surface area contributed by atoms with E-state index in [0.717, 1.165) is 5.56 Å². The zero-order valence-electron chi connectivity index (χ0n) is 11.6. The maximum absolute atomic E-state index is 11.8. The quantitative estimate of drug-likeness (QED) is 0.628. The van der Waals surface area contributed by atoms with E-state index in [1.54, 1.807) is 36.4 Å². The summed E-state index contributed by atoms with van der Waals surface area (Å²) in [6.07, 6.45) is 5.30. The van der Waals surface area contributed by atoms with Gasteiger partial charge in [0.25, 0.3) is 0 Å². The van der Waals surface area contributed by atoms with Crippen molar-refractivity contribution in [3.8, 4) is 0 Å². The summed E-state index contributed by atoms with van der Waals surface area (Å²) >= 11 is 5.93. The topological polar surface area (TPSA) is 38.7 Å². The fourth-order valence-electron chi connectivity index (χ4n) is 1.98. The molecule has 0 atom stereocenters. The monoisotopic (exact) mass is 309 g/mol. The zero-order valence-corrected chi connectivity index (χ0v) is 12.3. The van der Waals surface area contributed by atoms with Crippen LogP contribution < -0.4 is 0 Å². The molecule has 0 aromatic heterocycles. The highest BCUT2D eigenvalue weighted by molar-refractivity contribution is 6.31. The van der Waals surface area contributed by atoms with Gasteiger partial charge in [-0.1, -0.05) is 60.2 Å². The summed E-state index contributed by atoms with van der Waals surface area (Å²) in [5.41, 5.74) is 1.99. The van der Waals surface area contributed by atoms with Crippen LogP contribution in [0.5, 0.6) is 0 Å². The summed E-state index contributed by atoms with van der Waals surface area (Å²) in [4.78, 5) is 16.0. The van der Waals surface area contributed by atoms with Gasteiger partial charge in [-0.25, -0.2) is 9.79 Å². The lowest BCUT2D eigenvalue weighted by Crippen LogP contribution is -2.05. The van der Waals surface area contributed by atoms with E-state index >= 15 is 0 Å². The molecule has 0 radical (unpaired) electrons. The molecular weight excluding hydrogens is 298 g/mol. The number of halogens is 1. The van der Waals surface area contributed by atoms with Gasteiger partial charge < -0.3 is 4.74 Å². The molecule has 1 aliphatic heterocycles. The minimum absolute atomic E-state index is 0.266. The smallest absolute Gasteiger partial charge is 0.363 e. The molecule has 1 heterocycles. The molecular formula is C18H12ClNO2. The number of allylic oxidation sites excluding steroid dienone is 2. The standard InChI is InChI=1S/C18H12ClNO2/c19-15-10-5-9-14(12-15)17-20-16(18(21)22-17)11-4-8-13-6-2-1-3-7-13/h1-12H/b8-4+,16-11+. The molecule has 0 saturated carbocycles. The molecule has 3 rings (SSSR count). The Morgan fingerprint density at radius 3 is 2.64 bits per heavy atom. The van der Waals surface area contributed by atoms with Gasteiger partial charge in [0, 0.05) is 10.6 Å². The summed E-state index contributed by atoms with van der Waals surface area (Å²) in [5.74, 6) is -0.195. The summed E-state index contributed by atoms with van der Waals surface area (Å²) < 4.78 is 5.17. The third-order valence-corrected chi connectivity index (χ3v) is 3.27. The number of hydrogen-bond acceptors (Lipinski definition) is 3. The van der Waals surface area contributed by atoms with E-state index in [1.807, 2.05) is 36.4 Å². The number of cyclic esters (lactones) is 1. The Bertz CT molecular complexity index is 792. The Morgan fingerprint density at radius 1 is 1.05 bits per heavy atom. The molecule has 2 aromatic carbocycles. The highest BCUT2D eigenvalue weighted by Gasteiger charge is 2.23. The minimum atomic E-state index is -0.465. The van der Waals surface area contributed by atoms with Crippen LogP contribution in [0.3, 0.4) is 0 Å². The Labute approximate surface area is 133 Å². The van der Waals surface area contributed by atoms with Crippen LogP contribution in [0.25, 0.3) is 6.08 Å². The number of aliphatic imine (C=N–C) groups is 1. The van der Waals surface area contributed by atoms with Gasteiger partial charge in [-0.2, -0.15) is 0 Å².